The number of hydrogen-bond acceptors (Lipinski definition) is 5. The van der Waals surface area contributed by atoms with Crippen molar-refractivity contribution in [3.8, 4) is 0 Å². The lowest BCUT2D eigenvalue weighted by Gasteiger charge is -2.15. The van der Waals surface area contributed by atoms with Crippen molar-refractivity contribution in [1.29, 1.82) is 0 Å². The van der Waals surface area contributed by atoms with Gasteiger partial charge < -0.3 is 9.47 Å². The Balaban J connectivity index is 2.69. The molecule has 0 aromatic rings. The second-order valence-corrected chi connectivity index (χ2v) is 5.15. The van der Waals surface area contributed by atoms with E-state index in [1.165, 1.54) is 14.0 Å². The van der Waals surface area contributed by atoms with Gasteiger partial charge in [0, 0.05) is 14.0 Å². The third-order valence-corrected chi connectivity index (χ3v) is 3.54. The standard InChI is InChI=1S/C7H12O5S/c1-5(8)12-7-4-13(9,10)3-6(7)11-2/h6-7H,3-4H2,1-2H3/t6?,7-/m0/s1. The van der Waals surface area contributed by atoms with Crippen LogP contribution in [-0.4, -0.2) is 45.2 Å². The molecule has 1 aliphatic heterocycles. The SMILES string of the molecule is COC1CS(=O)(=O)C[C@@H]1OC(C)=O. The van der Waals surface area contributed by atoms with Crippen LogP contribution in [0.25, 0.3) is 0 Å². The third-order valence-electron chi connectivity index (χ3n) is 1.87. The summed E-state index contributed by atoms with van der Waals surface area (Å²) in [6, 6.07) is 0. The topological polar surface area (TPSA) is 69.7 Å². The van der Waals surface area contributed by atoms with E-state index < -0.39 is 28.0 Å². The lowest BCUT2D eigenvalue weighted by atomic mass is 10.2. The number of ether oxygens (including phenoxy) is 2. The highest BCUT2D eigenvalue weighted by atomic mass is 32.2. The molecule has 1 unspecified atom stereocenters. The van der Waals surface area contributed by atoms with E-state index in [-0.39, 0.29) is 11.5 Å². The number of rotatable bonds is 2. The van der Waals surface area contributed by atoms with Crippen molar-refractivity contribution >= 4 is 15.8 Å². The van der Waals surface area contributed by atoms with Crippen molar-refractivity contribution in [2.24, 2.45) is 0 Å². The maximum Gasteiger partial charge on any atom is 0.303 e. The van der Waals surface area contributed by atoms with Crippen LogP contribution in [0, 0.1) is 0 Å². The van der Waals surface area contributed by atoms with Gasteiger partial charge in [-0.25, -0.2) is 8.42 Å². The summed E-state index contributed by atoms with van der Waals surface area (Å²) in [7, 11) is -1.70. The Bertz CT molecular complexity index is 294. The van der Waals surface area contributed by atoms with Crippen LogP contribution in [0.3, 0.4) is 0 Å². The van der Waals surface area contributed by atoms with Crippen molar-refractivity contribution in [2.45, 2.75) is 19.1 Å². The Labute approximate surface area is 76.9 Å². The summed E-state index contributed by atoms with van der Waals surface area (Å²) in [5, 5.41) is 0. The summed E-state index contributed by atoms with van der Waals surface area (Å²) in [5.74, 6) is -0.684. The van der Waals surface area contributed by atoms with Gasteiger partial charge in [0.1, 0.15) is 12.2 Å². The molecule has 0 N–H and O–H groups in total. The van der Waals surface area contributed by atoms with Gasteiger partial charge in [-0.3, -0.25) is 4.79 Å². The van der Waals surface area contributed by atoms with Crippen molar-refractivity contribution < 1.29 is 22.7 Å². The largest absolute Gasteiger partial charge is 0.459 e. The molecule has 13 heavy (non-hydrogen) atoms. The molecule has 0 aromatic carbocycles. The summed E-state index contributed by atoms with van der Waals surface area (Å²) in [4.78, 5) is 10.6. The van der Waals surface area contributed by atoms with Crippen molar-refractivity contribution in [3.63, 3.8) is 0 Å². The maximum atomic E-state index is 11.1. The molecule has 0 amide bonds. The zero-order valence-electron chi connectivity index (χ0n) is 7.52. The normalized spacial score (nSPS) is 31.5. The van der Waals surface area contributed by atoms with E-state index >= 15 is 0 Å². The summed E-state index contributed by atoms with van der Waals surface area (Å²) in [6.45, 7) is 1.25. The summed E-state index contributed by atoms with van der Waals surface area (Å²) in [6.07, 6.45) is -1.17. The minimum absolute atomic E-state index is 0.0680. The molecule has 1 aliphatic rings. The molecular formula is C7H12O5S. The maximum absolute atomic E-state index is 11.1. The first-order valence-corrected chi connectivity index (χ1v) is 5.67. The van der Waals surface area contributed by atoms with Crippen LogP contribution in [0.1, 0.15) is 6.92 Å². The minimum atomic E-state index is -3.10. The highest BCUT2D eigenvalue weighted by Gasteiger charge is 2.39. The minimum Gasteiger partial charge on any atom is -0.459 e. The molecule has 1 heterocycles. The Kier molecular flexibility index (Phi) is 2.92. The molecule has 0 aromatic heterocycles. The number of esters is 1. The Morgan fingerprint density at radius 1 is 1.31 bits per heavy atom. The van der Waals surface area contributed by atoms with Gasteiger partial charge in [0.05, 0.1) is 11.5 Å². The Morgan fingerprint density at radius 2 is 1.85 bits per heavy atom. The van der Waals surface area contributed by atoms with Crippen LogP contribution in [0.4, 0.5) is 0 Å². The van der Waals surface area contributed by atoms with E-state index in [1.807, 2.05) is 0 Å². The molecule has 1 saturated heterocycles. The van der Waals surface area contributed by atoms with Gasteiger partial charge in [-0.2, -0.15) is 0 Å². The average Bonchev–Trinajstić information content (AvgIpc) is 2.24. The quantitative estimate of drug-likeness (QED) is 0.565. The fraction of sp³-hybridized carbons (Fsp3) is 0.857. The Hall–Kier alpha value is -0.620. The summed E-state index contributed by atoms with van der Waals surface area (Å²) >= 11 is 0. The van der Waals surface area contributed by atoms with E-state index in [0.717, 1.165) is 0 Å². The van der Waals surface area contributed by atoms with Gasteiger partial charge in [-0.1, -0.05) is 0 Å². The summed E-state index contributed by atoms with van der Waals surface area (Å²) in [5.41, 5.74) is 0. The van der Waals surface area contributed by atoms with Crippen molar-refractivity contribution in [3.05, 3.63) is 0 Å². The van der Waals surface area contributed by atoms with Crippen LogP contribution in [-0.2, 0) is 24.1 Å². The van der Waals surface area contributed by atoms with Crippen LogP contribution in [0.15, 0.2) is 0 Å². The molecule has 1 rings (SSSR count). The van der Waals surface area contributed by atoms with E-state index in [0.29, 0.717) is 0 Å². The Morgan fingerprint density at radius 3 is 2.31 bits per heavy atom. The smallest absolute Gasteiger partial charge is 0.303 e. The van der Waals surface area contributed by atoms with Gasteiger partial charge in [-0.15, -0.1) is 0 Å². The number of carbonyl (C=O) groups is 1. The monoisotopic (exact) mass is 208 g/mol. The van der Waals surface area contributed by atoms with Gasteiger partial charge in [0.2, 0.25) is 0 Å². The van der Waals surface area contributed by atoms with Gasteiger partial charge in [-0.05, 0) is 0 Å². The average molecular weight is 208 g/mol. The molecule has 76 valence electrons. The second kappa shape index (κ2) is 3.63. The van der Waals surface area contributed by atoms with E-state index in [4.69, 9.17) is 9.47 Å². The molecule has 6 heteroatoms. The summed E-state index contributed by atoms with van der Waals surface area (Å²) < 4.78 is 32.0. The van der Waals surface area contributed by atoms with Crippen molar-refractivity contribution in [2.75, 3.05) is 18.6 Å². The van der Waals surface area contributed by atoms with E-state index in [9.17, 15) is 13.2 Å². The molecule has 0 saturated carbocycles. The highest BCUT2D eigenvalue weighted by Crippen LogP contribution is 2.18. The molecule has 2 atom stereocenters. The van der Waals surface area contributed by atoms with E-state index in [2.05, 4.69) is 0 Å². The number of methoxy groups -OCH3 is 1. The zero-order chi connectivity index (χ0) is 10.1. The van der Waals surface area contributed by atoms with Crippen LogP contribution in [0.5, 0.6) is 0 Å². The fourth-order valence-electron chi connectivity index (χ4n) is 1.33. The number of carbonyl (C=O) groups excluding carboxylic acids is 1. The predicted molar refractivity (Wildman–Crippen MR) is 45.0 cm³/mol. The van der Waals surface area contributed by atoms with Gasteiger partial charge in [0.15, 0.2) is 9.84 Å². The first-order chi connectivity index (χ1) is 5.94. The number of sulfone groups is 1. The number of hydrogen-bond donors (Lipinski definition) is 0. The molecule has 0 radical (unpaired) electrons. The molecule has 0 spiro atoms. The van der Waals surface area contributed by atoms with Gasteiger partial charge in [0.25, 0.3) is 0 Å². The first-order valence-electron chi connectivity index (χ1n) is 3.85. The highest BCUT2D eigenvalue weighted by molar-refractivity contribution is 7.91. The molecule has 0 bridgehead atoms. The molecule has 0 aliphatic carbocycles. The fourth-order valence-corrected chi connectivity index (χ4v) is 3.10. The predicted octanol–water partition coefficient (Wildman–Crippen LogP) is -0.639. The molecular weight excluding hydrogens is 196 g/mol. The third kappa shape index (κ3) is 2.67. The van der Waals surface area contributed by atoms with Crippen LogP contribution in [0.2, 0.25) is 0 Å². The lowest BCUT2D eigenvalue weighted by Crippen LogP contribution is -2.30. The molecule has 5 nitrogen and oxygen atoms in total. The van der Waals surface area contributed by atoms with Crippen LogP contribution < -0.4 is 0 Å². The van der Waals surface area contributed by atoms with Gasteiger partial charge >= 0.3 is 5.97 Å². The van der Waals surface area contributed by atoms with Crippen LogP contribution >= 0.6 is 0 Å². The molecule has 1 fully saturated rings. The first kappa shape index (κ1) is 10.5. The van der Waals surface area contributed by atoms with E-state index in [1.54, 1.807) is 0 Å². The second-order valence-electron chi connectivity index (χ2n) is 3.00. The lowest BCUT2D eigenvalue weighted by molar-refractivity contribution is -0.150. The van der Waals surface area contributed by atoms with Crippen molar-refractivity contribution in [1.82, 2.24) is 0 Å². The zero-order valence-corrected chi connectivity index (χ0v) is 8.33.